The van der Waals surface area contributed by atoms with Crippen LogP contribution < -0.4 is 10.1 Å². The molecular formula is C21H22ClN3O4. The molecule has 0 saturated heterocycles. The summed E-state index contributed by atoms with van der Waals surface area (Å²) in [7, 11) is 1.62. The molecule has 0 fully saturated rings. The van der Waals surface area contributed by atoms with Crippen LogP contribution in [0.5, 0.6) is 5.75 Å². The molecule has 2 aromatic heterocycles. The summed E-state index contributed by atoms with van der Waals surface area (Å²) in [5.41, 5.74) is 1.49. The first-order valence-electron chi connectivity index (χ1n) is 9.15. The van der Waals surface area contributed by atoms with Crippen molar-refractivity contribution in [1.29, 1.82) is 0 Å². The molecule has 0 saturated carbocycles. The van der Waals surface area contributed by atoms with Crippen LogP contribution in [-0.4, -0.2) is 29.7 Å². The van der Waals surface area contributed by atoms with Gasteiger partial charge in [-0.05, 0) is 43.7 Å². The zero-order valence-corrected chi connectivity index (χ0v) is 17.2. The topological polar surface area (TPSA) is 86.5 Å². The molecule has 8 heteroatoms. The highest BCUT2D eigenvalue weighted by Gasteiger charge is 2.19. The lowest BCUT2D eigenvalue weighted by molar-refractivity contribution is -0.142. The average Bonchev–Trinajstić information content (AvgIpc) is 3.15. The first-order valence-corrected chi connectivity index (χ1v) is 9.53. The van der Waals surface area contributed by atoms with E-state index in [1.165, 1.54) is 0 Å². The summed E-state index contributed by atoms with van der Waals surface area (Å²) in [6, 6.07) is 11.2. The van der Waals surface area contributed by atoms with E-state index in [1.807, 2.05) is 37.3 Å². The van der Waals surface area contributed by atoms with E-state index >= 15 is 0 Å². The largest absolute Gasteiger partial charge is 0.497 e. The minimum Gasteiger partial charge on any atom is -0.497 e. The fraction of sp³-hybridized carbons (Fsp3) is 0.286. The third kappa shape index (κ3) is 5.26. The first-order chi connectivity index (χ1) is 14.0. The molecule has 0 atom stereocenters. The number of nitrogens with one attached hydrogen (secondary N) is 1. The van der Waals surface area contributed by atoms with E-state index in [0.717, 1.165) is 17.1 Å². The Morgan fingerprint density at radius 2 is 1.93 bits per heavy atom. The summed E-state index contributed by atoms with van der Waals surface area (Å²) >= 11 is 6.40. The summed E-state index contributed by atoms with van der Waals surface area (Å²) in [6.45, 7) is 4.35. The Bertz CT molecular complexity index is 986. The summed E-state index contributed by atoms with van der Waals surface area (Å²) in [6.07, 6.45) is -0.0327. The molecule has 0 unspecified atom stereocenters. The van der Waals surface area contributed by atoms with Crippen molar-refractivity contribution in [2.45, 2.75) is 26.8 Å². The predicted octanol–water partition coefficient (Wildman–Crippen LogP) is 4.42. The monoisotopic (exact) mass is 415 g/mol. The van der Waals surface area contributed by atoms with Crippen molar-refractivity contribution in [3.63, 3.8) is 0 Å². The van der Waals surface area contributed by atoms with E-state index in [1.54, 1.807) is 20.1 Å². The Balaban J connectivity index is 1.90. The van der Waals surface area contributed by atoms with Gasteiger partial charge in [-0.25, -0.2) is 9.97 Å². The van der Waals surface area contributed by atoms with Gasteiger partial charge in [-0.15, -0.1) is 0 Å². The van der Waals surface area contributed by atoms with Crippen molar-refractivity contribution in [3.8, 4) is 17.3 Å². The van der Waals surface area contributed by atoms with Gasteiger partial charge >= 0.3 is 5.97 Å². The van der Waals surface area contributed by atoms with Gasteiger partial charge in [-0.1, -0.05) is 23.7 Å². The third-order valence-corrected chi connectivity index (χ3v) is 4.48. The van der Waals surface area contributed by atoms with Crippen LogP contribution in [0.15, 0.2) is 40.8 Å². The quantitative estimate of drug-likeness (QED) is 0.430. The molecule has 3 rings (SSSR count). The Morgan fingerprint density at radius 3 is 2.55 bits per heavy atom. The lowest BCUT2D eigenvalue weighted by atomic mass is 10.2. The van der Waals surface area contributed by atoms with Crippen LogP contribution in [0.4, 0.5) is 5.82 Å². The molecule has 7 nitrogen and oxygen atoms in total. The number of hydrogen-bond acceptors (Lipinski definition) is 7. The molecule has 0 amide bonds. The van der Waals surface area contributed by atoms with E-state index in [0.29, 0.717) is 29.5 Å². The minimum atomic E-state index is -0.396. The fourth-order valence-corrected chi connectivity index (χ4v) is 2.95. The maximum Gasteiger partial charge on any atom is 0.310 e. The van der Waals surface area contributed by atoms with Crippen molar-refractivity contribution in [3.05, 3.63) is 58.4 Å². The summed E-state index contributed by atoms with van der Waals surface area (Å²) < 4.78 is 15.8. The molecule has 1 aromatic carbocycles. The summed E-state index contributed by atoms with van der Waals surface area (Å²) in [5.74, 6) is 2.41. The number of aromatic nitrogens is 2. The minimum absolute atomic E-state index is 0.0327. The first kappa shape index (κ1) is 20.7. The number of benzene rings is 1. The molecule has 0 aliphatic heterocycles. The smallest absolute Gasteiger partial charge is 0.310 e. The van der Waals surface area contributed by atoms with Crippen molar-refractivity contribution >= 4 is 23.4 Å². The number of halogens is 1. The Morgan fingerprint density at radius 1 is 1.17 bits per heavy atom. The van der Waals surface area contributed by atoms with Crippen molar-refractivity contribution < 1.29 is 18.7 Å². The van der Waals surface area contributed by atoms with Gasteiger partial charge in [-0.3, -0.25) is 4.79 Å². The molecular weight excluding hydrogens is 394 g/mol. The molecule has 0 bridgehead atoms. The number of nitrogens with zero attached hydrogens (tertiary/aromatic N) is 2. The second-order valence-corrected chi connectivity index (χ2v) is 6.62. The van der Waals surface area contributed by atoms with E-state index in [2.05, 4.69) is 15.3 Å². The zero-order chi connectivity index (χ0) is 20.8. The third-order valence-electron chi connectivity index (χ3n) is 4.16. The number of esters is 1. The lowest BCUT2D eigenvalue weighted by Gasteiger charge is -2.13. The van der Waals surface area contributed by atoms with Gasteiger partial charge in [0.25, 0.3) is 0 Å². The fourth-order valence-electron chi connectivity index (χ4n) is 2.71. The van der Waals surface area contributed by atoms with Crippen LogP contribution in [0.2, 0.25) is 5.15 Å². The van der Waals surface area contributed by atoms with E-state index < -0.39 is 5.97 Å². The highest BCUT2D eigenvalue weighted by atomic mass is 35.5. The van der Waals surface area contributed by atoms with Crippen LogP contribution >= 0.6 is 11.6 Å². The van der Waals surface area contributed by atoms with E-state index in [9.17, 15) is 4.79 Å². The number of ether oxygens (including phenoxy) is 2. The molecule has 3 aromatic rings. The van der Waals surface area contributed by atoms with Crippen molar-refractivity contribution in [2.75, 3.05) is 19.0 Å². The number of furan rings is 1. The second kappa shape index (κ2) is 9.43. The average molecular weight is 416 g/mol. The number of carbonyl (C=O) groups excluding carboxylic acids is 1. The number of carbonyl (C=O) groups is 1. The van der Waals surface area contributed by atoms with Gasteiger partial charge in [0.15, 0.2) is 11.6 Å². The molecule has 0 spiro atoms. The van der Waals surface area contributed by atoms with E-state index in [-0.39, 0.29) is 18.2 Å². The second-order valence-electron chi connectivity index (χ2n) is 6.26. The van der Waals surface area contributed by atoms with Gasteiger partial charge < -0.3 is 19.2 Å². The summed E-state index contributed by atoms with van der Waals surface area (Å²) in [4.78, 5) is 20.9. The van der Waals surface area contributed by atoms with Crippen molar-refractivity contribution in [2.24, 2.45) is 0 Å². The maximum atomic E-state index is 12.0. The molecule has 29 heavy (non-hydrogen) atoms. The molecule has 2 heterocycles. The van der Waals surface area contributed by atoms with Gasteiger partial charge in [0.05, 0.1) is 20.1 Å². The number of aryl methyl sites for hydroxylation is 1. The van der Waals surface area contributed by atoms with Crippen LogP contribution in [-0.2, 0) is 22.5 Å². The van der Waals surface area contributed by atoms with Gasteiger partial charge in [0, 0.05) is 12.1 Å². The van der Waals surface area contributed by atoms with E-state index in [4.69, 9.17) is 25.5 Å². The van der Waals surface area contributed by atoms with Crippen LogP contribution in [0.25, 0.3) is 11.6 Å². The Labute approximate surface area is 174 Å². The SMILES string of the molecule is CCOC(=O)Cc1c(Cl)nc(-c2ccc(C)o2)nc1NCc1ccc(OC)cc1. The molecule has 152 valence electrons. The number of anilines is 1. The highest BCUT2D eigenvalue weighted by Crippen LogP contribution is 2.28. The standard InChI is InChI=1S/C21H22ClN3O4/c1-4-28-18(26)11-16-19(22)24-21(17-10-5-13(2)29-17)25-20(16)23-12-14-6-8-15(27-3)9-7-14/h5-10H,4,11-12H2,1-3H3,(H,23,24,25). The van der Waals surface area contributed by atoms with Gasteiger partial charge in [0.2, 0.25) is 0 Å². The van der Waals surface area contributed by atoms with Crippen LogP contribution in [0.1, 0.15) is 23.8 Å². The molecule has 0 radical (unpaired) electrons. The lowest BCUT2D eigenvalue weighted by Crippen LogP contribution is -2.13. The van der Waals surface area contributed by atoms with Gasteiger partial charge in [0.1, 0.15) is 22.5 Å². The predicted molar refractivity (Wildman–Crippen MR) is 110 cm³/mol. The number of rotatable bonds is 8. The Kier molecular flexibility index (Phi) is 6.72. The molecule has 1 N–H and O–H groups in total. The summed E-state index contributed by atoms with van der Waals surface area (Å²) in [5, 5.41) is 3.42. The maximum absolute atomic E-state index is 12.0. The highest BCUT2D eigenvalue weighted by molar-refractivity contribution is 6.30. The Hall–Kier alpha value is -3.06. The molecule has 0 aliphatic carbocycles. The van der Waals surface area contributed by atoms with Crippen LogP contribution in [0.3, 0.4) is 0 Å². The zero-order valence-electron chi connectivity index (χ0n) is 16.5. The van der Waals surface area contributed by atoms with Crippen molar-refractivity contribution in [1.82, 2.24) is 9.97 Å². The van der Waals surface area contributed by atoms with Gasteiger partial charge in [-0.2, -0.15) is 0 Å². The number of methoxy groups -OCH3 is 1. The molecule has 0 aliphatic rings. The number of hydrogen-bond donors (Lipinski definition) is 1. The van der Waals surface area contributed by atoms with Crippen LogP contribution in [0, 0.1) is 6.92 Å². The normalized spacial score (nSPS) is 10.6.